The third-order valence-electron chi connectivity index (χ3n) is 5.96. The van der Waals surface area contributed by atoms with Crippen molar-refractivity contribution in [2.45, 2.75) is 32.4 Å². The lowest BCUT2D eigenvalue weighted by Gasteiger charge is -2.21. The number of ether oxygens (including phenoxy) is 3. The second-order valence-corrected chi connectivity index (χ2v) is 8.24. The van der Waals surface area contributed by atoms with E-state index in [0.29, 0.717) is 29.2 Å². The van der Waals surface area contributed by atoms with Crippen LogP contribution in [0.3, 0.4) is 0 Å². The maximum atomic E-state index is 13.5. The monoisotopic (exact) mass is 473 g/mol. The van der Waals surface area contributed by atoms with Crippen LogP contribution in [0.5, 0.6) is 17.2 Å². The molecule has 0 aliphatic carbocycles. The molecule has 35 heavy (non-hydrogen) atoms. The number of nitrogens with one attached hydrogen (secondary N) is 1. The van der Waals surface area contributed by atoms with Crippen LogP contribution in [0.15, 0.2) is 66.7 Å². The summed E-state index contributed by atoms with van der Waals surface area (Å²) in [7, 11) is 4.60. The fraction of sp³-hybridized carbons (Fsp3) is 0.286. The molecular weight excluding hydrogens is 442 g/mol. The average Bonchev–Trinajstić information content (AvgIpc) is 3.26. The van der Waals surface area contributed by atoms with Crippen LogP contribution in [0, 0.1) is 0 Å². The summed E-state index contributed by atoms with van der Waals surface area (Å²) >= 11 is 0. The average molecular weight is 474 g/mol. The van der Waals surface area contributed by atoms with Crippen molar-refractivity contribution in [3.8, 4) is 17.2 Å². The van der Waals surface area contributed by atoms with E-state index in [9.17, 15) is 4.79 Å². The van der Waals surface area contributed by atoms with E-state index in [2.05, 4.69) is 35.0 Å². The lowest BCUT2D eigenvalue weighted by atomic mass is 10.0. The highest BCUT2D eigenvalue weighted by Crippen LogP contribution is 2.38. The molecule has 4 rings (SSSR count). The first-order valence-electron chi connectivity index (χ1n) is 11.7. The van der Waals surface area contributed by atoms with Gasteiger partial charge in [-0.1, -0.05) is 49.4 Å². The molecule has 7 heteroatoms. The Hall–Kier alpha value is -4.00. The summed E-state index contributed by atoms with van der Waals surface area (Å²) in [5.41, 5.74) is 3.49. The minimum Gasteiger partial charge on any atom is -0.493 e. The summed E-state index contributed by atoms with van der Waals surface area (Å²) in [6, 6.07) is 21.2. The minimum absolute atomic E-state index is 0.250. The summed E-state index contributed by atoms with van der Waals surface area (Å²) in [5, 5.41) is 3.22. The molecular formula is C28H31N3O4. The van der Waals surface area contributed by atoms with Crippen molar-refractivity contribution >= 4 is 16.9 Å². The van der Waals surface area contributed by atoms with E-state index < -0.39 is 0 Å². The molecule has 3 aromatic carbocycles. The first-order valence-corrected chi connectivity index (χ1v) is 11.7. The van der Waals surface area contributed by atoms with Gasteiger partial charge in [0.15, 0.2) is 11.5 Å². The Labute approximate surface area is 205 Å². The number of para-hydroxylation sites is 2. The normalized spacial score (nSPS) is 11.8. The Kier molecular flexibility index (Phi) is 7.55. The van der Waals surface area contributed by atoms with Crippen molar-refractivity contribution < 1.29 is 19.0 Å². The zero-order valence-corrected chi connectivity index (χ0v) is 20.6. The summed E-state index contributed by atoms with van der Waals surface area (Å²) < 4.78 is 18.5. The van der Waals surface area contributed by atoms with Gasteiger partial charge in [-0.25, -0.2) is 4.98 Å². The SMILES string of the molecule is CCCn1c([C@H](Cc2ccccc2)NC(=O)c2cc(OC)c(OC)c(OC)c2)nc2ccccc21. The van der Waals surface area contributed by atoms with Gasteiger partial charge in [0, 0.05) is 12.1 Å². The predicted molar refractivity (Wildman–Crippen MR) is 136 cm³/mol. The Morgan fingerprint density at radius 3 is 2.23 bits per heavy atom. The summed E-state index contributed by atoms with van der Waals surface area (Å²) in [6.07, 6.45) is 1.55. The molecule has 0 spiro atoms. The molecule has 0 saturated carbocycles. The molecule has 0 aliphatic heterocycles. The molecule has 4 aromatic rings. The molecule has 1 heterocycles. The zero-order valence-electron chi connectivity index (χ0n) is 20.6. The van der Waals surface area contributed by atoms with Crippen molar-refractivity contribution in [3.63, 3.8) is 0 Å². The quantitative estimate of drug-likeness (QED) is 0.343. The molecule has 7 nitrogen and oxygen atoms in total. The van der Waals surface area contributed by atoms with Crippen LogP contribution < -0.4 is 19.5 Å². The Morgan fingerprint density at radius 2 is 1.60 bits per heavy atom. The van der Waals surface area contributed by atoms with Crippen molar-refractivity contribution in [2.24, 2.45) is 0 Å². The van der Waals surface area contributed by atoms with Gasteiger partial charge in [0.2, 0.25) is 5.75 Å². The number of nitrogens with zero attached hydrogens (tertiary/aromatic N) is 2. The number of rotatable bonds is 10. The van der Waals surface area contributed by atoms with Crippen LogP contribution in [0.2, 0.25) is 0 Å². The van der Waals surface area contributed by atoms with E-state index in [0.717, 1.165) is 35.4 Å². The summed E-state index contributed by atoms with van der Waals surface area (Å²) in [4.78, 5) is 18.5. The van der Waals surface area contributed by atoms with Crippen LogP contribution >= 0.6 is 0 Å². The fourth-order valence-corrected chi connectivity index (χ4v) is 4.33. The number of aryl methyl sites for hydroxylation is 1. The zero-order chi connectivity index (χ0) is 24.8. The predicted octanol–water partition coefficient (Wildman–Crippen LogP) is 5.19. The number of fused-ring (bicyclic) bond motifs is 1. The molecule has 182 valence electrons. The van der Waals surface area contributed by atoms with E-state index in [-0.39, 0.29) is 11.9 Å². The number of aromatic nitrogens is 2. The van der Waals surface area contributed by atoms with Gasteiger partial charge in [-0.3, -0.25) is 4.79 Å². The maximum Gasteiger partial charge on any atom is 0.252 e. The Morgan fingerprint density at radius 1 is 0.943 bits per heavy atom. The van der Waals surface area contributed by atoms with E-state index >= 15 is 0 Å². The van der Waals surface area contributed by atoms with Crippen molar-refractivity contribution in [2.75, 3.05) is 21.3 Å². The number of methoxy groups -OCH3 is 3. The molecule has 0 fully saturated rings. The van der Waals surface area contributed by atoms with E-state index in [1.165, 1.54) is 21.3 Å². The lowest BCUT2D eigenvalue weighted by Crippen LogP contribution is -2.32. The summed E-state index contributed by atoms with van der Waals surface area (Å²) in [6.45, 7) is 2.94. The van der Waals surface area contributed by atoms with Crippen LogP contribution in [-0.2, 0) is 13.0 Å². The largest absolute Gasteiger partial charge is 0.493 e. The lowest BCUT2D eigenvalue weighted by molar-refractivity contribution is 0.0933. The third-order valence-corrected chi connectivity index (χ3v) is 5.96. The first kappa shape index (κ1) is 24.1. The number of hydrogen-bond donors (Lipinski definition) is 1. The van der Waals surface area contributed by atoms with E-state index in [1.54, 1.807) is 12.1 Å². The van der Waals surface area contributed by atoms with Gasteiger partial charge in [0.1, 0.15) is 5.82 Å². The van der Waals surface area contributed by atoms with Gasteiger partial charge < -0.3 is 24.1 Å². The number of benzene rings is 3. The Bertz CT molecular complexity index is 1280. The maximum absolute atomic E-state index is 13.5. The molecule has 1 amide bonds. The van der Waals surface area contributed by atoms with Gasteiger partial charge in [-0.2, -0.15) is 0 Å². The molecule has 1 atom stereocenters. The minimum atomic E-state index is -0.344. The molecule has 1 N–H and O–H groups in total. The van der Waals surface area contributed by atoms with Gasteiger partial charge in [0.25, 0.3) is 5.91 Å². The van der Waals surface area contributed by atoms with E-state index in [4.69, 9.17) is 19.2 Å². The molecule has 0 aliphatic rings. The van der Waals surface area contributed by atoms with Crippen LogP contribution in [0.4, 0.5) is 0 Å². The molecule has 0 saturated heterocycles. The van der Waals surface area contributed by atoms with Gasteiger partial charge in [-0.05, 0) is 42.7 Å². The fourth-order valence-electron chi connectivity index (χ4n) is 4.33. The number of imidazole rings is 1. The van der Waals surface area contributed by atoms with Crippen molar-refractivity contribution in [1.29, 1.82) is 0 Å². The van der Waals surface area contributed by atoms with Gasteiger partial charge >= 0.3 is 0 Å². The Balaban J connectivity index is 1.76. The number of hydrogen-bond acceptors (Lipinski definition) is 5. The van der Waals surface area contributed by atoms with Crippen LogP contribution in [0.1, 0.15) is 41.1 Å². The van der Waals surface area contributed by atoms with Gasteiger partial charge in [0.05, 0.1) is 38.4 Å². The second-order valence-electron chi connectivity index (χ2n) is 8.24. The number of carbonyl (C=O) groups excluding carboxylic acids is 1. The highest BCUT2D eigenvalue weighted by atomic mass is 16.5. The topological polar surface area (TPSA) is 74.6 Å². The van der Waals surface area contributed by atoms with E-state index in [1.807, 2.05) is 36.4 Å². The second kappa shape index (κ2) is 11.0. The van der Waals surface area contributed by atoms with Crippen molar-refractivity contribution in [1.82, 2.24) is 14.9 Å². The van der Waals surface area contributed by atoms with Crippen molar-refractivity contribution in [3.05, 3.63) is 83.7 Å². The highest BCUT2D eigenvalue weighted by molar-refractivity contribution is 5.96. The number of amides is 1. The molecule has 0 unspecified atom stereocenters. The van der Waals surface area contributed by atoms with Gasteiger partial charge in [-0.15, -0.1) is 0 Å². The summed E-state index contributed by atoms with van der Waals surface area (Å²) in [5.74, 6) is 1.87. The number of carbonyl (C=O) groups is 1. The van der Waals surface area contributed by atoms with Crippen LogP contribution in [0.25, 0.3) is 11.0 Å². The highest BCUT2D eigenvalue weighted by Gasteiger charge is 2.25. The molecule has 0 bridgehead atoms. The standard InChI is InChI=1S/C28H31N3O4/c1-5-15-31-23-14-10-9-13-21(23)29-27(31)22(16-19-11-7-6-8-12-19)30-28(32)20-17-24(33-2)26(35-4)25(18-20)34-3/h6-14,17-18,22H,5,15-16H2,1-4H3,(H,30,32)/t22-/m0/s1. The molecule has 1 aromatic heterocycles. The molecule has 0 radical (unpaired) electrons. The van der Waals surface area contributed by atoms with Crippen LogP contribution in [-0.4, -0.2) is 36.8 Å². The third kappa shape index (κ3) is 5.09. The smallest absolute Gasteiger partial charge is 0.252 e. The first-order chi connectivity index (χ1) is 17.1.